The number of rotatable bonds is 3. The zero-order valence-electron chi connectivity index (χ0n) is 10.4. The van der Waals surface area contributed by atoms with Gasteiger partial charge in [-0.3, -0.25) is 4.72 Å². The van der Waals surface area contributed by atoms with E-state index >= 15 is 0 Å². The van der Waals surface area contributed by atoms with Crippen molar-refractivity contribution < 1.29 is 8.42 Å². The Hall–Kier alpha value is -1.05. The van der Waals surface area contributed by atoms with Crippen molar-refractivity contribution >= 4 is 48.7 Å². The van der Waals surface area contributed by atoms with Crippen molar-refractivity contribution in [1.29, 1.82) is 0 Å². The van der Waals surface area contributed by atoms with E-state index < -0.39 is 10.0 Å². The Morgan fingerprint density at radius 3 is 2.47 bits per heavy atom. The first-order valence-corrected chi connectivity index (χ1v) is 8.54. The molecule has 1 aromatic carbocycles. The third-order valence-electron chi connectivity index (χ3n) is 2.48. The molecule has 0 bridgehead atoms. The largest absolute Gasteiger partial charge is 0.397 e. The molecule has 2 aromatic rings. The summed E-state index contributed by atoms with van der Waals surface area (Å²) in [6.45, 7) is 3.75. The Bertz CT molecular complexity index is 700. The van der Waals surface area contributed by atoms with Crippen molar-refractivity contribution in [3.63, 3.8) is 0 Å². The van der Waals surface area contributed by atoms with Gasteiger partial charge in [0.25, 0.3) is 10.0 Å². The number of sulfonamides is 1. The SMILES string of the molecule is Cc1cc(N)c(NS(=O)(=O)c2ccc(C)s2)c(Br)c1. The molecule has 0 radical (unpaired) electrons. The van der Waals surface area contributed by atoms with E-state index in [1.54, 1.807) is 18.2 Å². The van der Waals surface area contributed by atoms with Crippen LogP contribution in [0.1, 0.15) is 10.4 Å². The van der Waals surface area contributed by atoms with Crippen molar-refractivity contribution in [3.8, 4) is 0 Å². The van der Waals surface area contributed by atoms with E-state index in [1.807, 2.05) is 19.9 Å². The average Bonchev–Trinajstić information content (AvgIpc) is 2.71. The van der Waals surface area contributed by atoms with Gasteiger partial charge in [-0.15, -0.1) is 11.3 Å². The fourth-order valence-electron chi connectivity index (χ4n) is 1.62. The minimum Gasteiger partial charge on any atom is -0.397 e. The molecule has 102 valence electrons. The van der Waals surface area contributed by atoms with Gasteiger partial charge in [-0.05, 0) is 59.6 Å². The smallest absolute Gasteiger partial charge is 0.271 e. The standard InChI is InChI=1S/C12H13BrN2O2S2/c1-7-5-9(13)12(10(14)6-7)15-19(16,17)11-4-3-8(2)18-11/h3-6,15H,14H2,1-2H3. The van der Waals surface area contributed by atoms with Gasteiger partial charge < -0.3 is 5.73 Å². The number of halogens is 1. The fraction of sp³-hybridized carbons (Fsp3) is 0.167. The third-order valence-corrected chi connectivity index (χ3v) is 5.95. The maximum Gasteiger partial charge on any atom is 0.271 e. The molecule has 7 heteroatoms. The Morgan fingerprint density at radius 1 is 1.26 bits per heavy atom. The van der Waals surface area contributed by atoms with Crippen LogP contribution in [0.4, 0.5) is 11.4 Å². The molecule has 0 atom stereocenters. The summed E-state index contributed by atoms with van der Waals surface area (Å²) in [6, 6.07) is 6.89. The van der Waals surface area contributed by atoms with Gasteiger partial charge in [0.2, 0.25) is 0 Å². The van der Waals surface area contributed by atoms with Crippen LogP contribution in [-0.2, 0) is 10.0 Å². The monoisotopic (exact) mass is 360 g/mol. The molecular weight excluding hydrogens is 348 g/mol. The summed E-state index contributed by atoms with van der Waals surface area (Å²) in [4.78, 5) is 0.941. The van der Waals surface area contributed by atoms with Gasteiger partial charge in [-0.1, -0.05) is 0 Å². The molecule has 4 nitrogen and oxygen atoms in total. The van der Waals surface area contributed by atoms with Crippen LogP contribution in [0.3, 0.4) is 0 Å². The van der Waals surface area contributed by atoms with E-state index in [2.05, 4.69) is 20.7 Å². The van der Waals surface area contributed by atoms with Gasteiger partial charge in [0.15, 0.2) is 0 Å². The van der Waals surface area contributed by atoms with Gasteiger partial charge in [0.1, 0.15) is 4.21 Å². The minimum atomic E-state index is -3.59. The van der Waals surface area contributed by atoms with Crippen LogP contribution in [-0.4, -0.2) is 8.42 Å². The summed E-state index contributed by atoms with van der Waals surface area (Å²) in [5.41, 5.74) is 7.58. The molecule has 1 aromatic heterocycles. The summed E-state index contributed by atoms with van der Waals surface area (Å²) in [6.07, 6.45) is 0. The summed E-state index contributed by atoms with van der Waals surface area (Å²) in [5.74, 6) is 0. The quantitative estimate of drug-likeness (QED) is 0.822. The highest BCUT2D eigenvalue weighted by Crippen LogP contribution is 2.33. The van der Waals surface area contributed by atoms with Crippen molar-refractivity contribution in [2.45, 2.75) is 18.1 Å². The number of hydrogen-bond donors (Lipinski definition) is 2. The molecule has 0 fully saturated rings. The van der Waals surface area contributed by atoms with Crippen LogP contribution in [0.15, 0.2) is 32.9 Å². The van der Waals surface area contributed by atoms with E-state index in [9.17, 15) is 8.42 Å². The number of hydrogen-bond acceptors (Lipinski definition) is 4. The molecule has 0 aliphatic rings. The second-order valence-corrected chi connectivity index (χ2v) is 8.23. The fourth-order valence-corrected chi connectivity index (χ4v) is 4.83. The van der Waals surface area contributed by atoms with Gasteiger partial charge >= 0.3 is 0 Å². The minimum absolute atomic E-state index is 0.275. The topological polar surface area (TPSA) is 72.2 Å². The van der Waals surface area contributed by atoms with E-state index in [-0.39, 0.29) is 4.21 Å². The zero-order chi connectivity index (χ0) is 14.2. The lowest BCUT2D eigenvalue weighted by Gasteiger charge is -2.12. The average molecular weight is 361 g/mol. The molecule has 0 aliphatic carbocycles. The number of nitrogens with two attached hydrogens (primary N) is 1. The van der Waals surface area contributed by atoms with Crippen LogP contribution in [0.5, 0.6) is 0 Å². The third kappa shape index (κ3) is 3.10. The first-order chi connectivity index (χ1) is 8.79. The number of benzene rings is 1. The number of aryl methyl sites for hydroxylation is 2. The molecule has 0 aliphatic heterocycles. The van der Waals surface area contributed by atoms with Crippen molar-refractivity contribution in [2.24, 2.45) is 0 Å². The van der Waals surface area contributed by atoms with E-state index in [0.717, 1.165) is 10.4 Å². The van der Waals surface area contributed by atoms with Crippen molar-refractivity contribution in [3.05, 3.63) is 39.2 Å². The molecule has 0 spiro atoms. The lowest BCUT2D eigenvalue weighted by molar-refractivity contribution is 0.603. The predicted molar refractivity (Wildman–Crippen MR) is 83.2 cm³/mol. The van der Waals surface area contributed by atoms with Gasteiger partial charge in [-0.25, -0.2) is 8.42 Å². The highest BCUT2D eigenvalue weighted by atomic mass is 79.9. The predicted octanol–water partition coefficient (Wildman–Crippen LogP) is 3.51. The Balaban J connectivity index is 2.41. The molecule has 2 rings (SSSR count). The Morgan fingerprint density at radius 2 is 1.95 bits per heavy atom. The molecule has 19 heavy (non-hydrogen) atoms. The zero-order valence-corrected chi connectivity index (χ0v) is 13.6. The van der Waals surface area contributed by atoms with E-state index in [0.29, 0.717) is 15.8 Å². The molecule has 0 saturated carbocycles. The number of nitrogens with one attached hydrogen (secondary N) is 1. The summed E-state index contributed by atoms with van der Waals surface area (Å²) in [5, 5.41) is 0. The van der Waals surface area contributed by atoms with Gasteiger partial charge in [0, 0.05) is 9.35 Å². The van der Waals surface area contributed by atoms with Crippen molar-refractivity contribution in [2.75, 3.05) is 10.5 Å². The van der Waals surface area contributed by atoms with E-state index in [1.165, 1.54) is 11.3 Å². The molecule has 0 saturated heterocycles. The highest BCUT2D eigenvalue weighted by Gasteiger charge is 2.19. The lowest BCUT2D eigenvalue weighted by atomic mass is 10.2. The maximum atomic E-state index is 12.2. The van der Waals surface area contributed by atoms with Crippen LogP contribution in [0.25, 0.3) is 0 Å². The first kappa shape index (κ1) is 14.4. The van der Waals surface area contributed by atoms with Crippen LogP contribution in [0, 0.1) is 13.8 Å². The highest BCUT2D eigenvalue weighted by molar-refractivity contribution is 9.10. The van der Waals surface area contributed by atoms with Gasteiger partial charge in [0.05, 0.1) is 11.4 Å². The molecule has 0 amide bonds. The number of thiophene rings is 1. The second-order valence-electron chi connectivity index (χ2n) is 4.18. The molecule has 3 N–H and O–H groups in total. The Labute approximate surface area is 124 Å². The molecule has 0 unspecified atom stereocenters. The molecule has 1 heterocycles. The van der Waals surface area contributed by atoms with Crippen LogP contribution >= 0.6 is 27.3 Å². The molecular formula is C12H13BrN2O2S2. The number of anilines is 2. The Kier molecular flexibility index (Phi) is 3.89. The maximum absolute atomic E-state index is 12.2. The normalized spacial score (nSPS) is 11.5. The summed E-state index contributed by atoms with van der Waals surface area (Å²) >= 11 is 4.55. The second kappa shape index (κ2) is 5.15. The summed E-state index contributed by atoms with van der Waals surface area (Å²) < 4.78 is 27.9. The number of nitrogen functional groups attached to an aromatic ring is 1. The summed E-state index contributed by atoms with van der Waals surface area (Å²) in [7, 11) is -3.59. The van der Waals surface area contributed by atoms with Crippen LogP contribution in [0.2, 0.25) is 0 Å². The van der Waals surface area contributed by atoms with E-state index in [4.69, 9.17) is 5.73 Å². The van der Waals surface area contributed by atoms with Gasteiger partial charge in [-0.2, -0.15) is 0 Å². The lowest BCUT2D eigenvalue weighted by Crippen LogP contribution is -2.13. The first-order valence-electron chi connectivity index (χ1n) is 5.44. The van der Waals surface area contributed by atoms with Crippen molar-refractivity contribution in [1.82, 2.24) is 0 Å². The van der Waals surface area contributed by atoms with Crippen LogP contribution < -0.4 is 10.5 Å².